The molecular formula is C19H14N4O4. The Hall–Kier alpha value is -3.81. The molecule has 3 amide bonds. The highest BCUT2D eigenvalue weighted by Crippen LogP contribution is 2.23. The molecule has 0 saturated carbocycles. The molecule has 4 rings (SSSR count). The summed E-state index contributed by atoms with van der Waals surface area (Å²) in [4.78, 5) is 37.0. The molecule has 8 nitrogen and oxygen atoms in total. The summed E-state index contributed by atoms with van der Waals surface area (Å²) in [6, 6.07) is 15.3. The number of anilines is 2. The van der Waals surface area contributed by atoms with Crippen molar-refractivity contribution in [3.8, 4) is 11.5 Å². The number of amides is 3. The predicted octanol–water partition coefficient (Wildman–Crippen LogP) is 2.64. The summed E-state index contributed by atoms with van der Waals surface area (Å²) in [5.74, 6) is -0.621. The van der Waals surface area contributed by atoms with Crippen LogP contribution in [-0.4, -0.2) is 27.9 Å². The lowest BCUT2D eigenvalue weighted by Crippen LogP contribution is -2.28. The number of carbonyl (C=O) groups excluding carboxylic acids is 3. The van der Waals surface area contributed by atoms with Gasteiger partial charge in [0, 0.05) is 24.0 Å². The minimum atomic E-state index is -0.441. The van der Waals surface area contributed by atoms with Crippen molar-refractivity contribution in [2.45, 2.75) is 12.8 Å². The van der Waals surface area contributed by atoms with Crippen LogP contribution in [0.1, 0.15) is 23.2 Å². The van der Waals surface area contributed by atoms with Gasteiger partial charge in [0.1, 0.15) is 0 Å². The first-order valence-electron chi connectivity index (χ1n) is 8.28. The van der Waals surface area contributed by atoms with Gasteiger partial charge in [0.2, 0.25) is 17.7 Å². The van der Waals surface area contributed by atoms with Crippen LogP contribution in [0.5, 0.6) is 0 Å². The Kier molecular flexibility index (Phi) is 4.21. The lowest BCUT2D eigenvalue weighted by atomic mass is 10.2. The number of rotatable bonds is 4. The largest absolute Gasteiger partial charge is 0.403 e. The van der Waals surface area contributed by atoms with Crippen molar-refractivity contribution in [2.24, 2.45) is 0 Å². The van der Waals surface area contributed by atoms with E-state index in [4.69, 9.17) is 4.42 Å². The van der Waals surface area contributed by atoms with Gasteiger partial charge >= 0.3 is 6.01 Å². The summed E-state index contributed by atoms with van der Waals surface area (Å²) in [7, 11) is 0. The first-order chi connectivity index (χ1) is 13.1. The number of aromatic nitrogens is 2. The molecule has 3 aromatic rings. The summed E-state index contributed by atoms with van der Waals surface area (Å²) >= 11 is 0. The maximum atomic E-state index is 12.3. The van der Waals surface area contributed by atoms with Crippen molar-refractivity contribution in [3.63, 3.8) is 0 Å². The average Bonchev–Trinajstić information content (AvgIpc) is 3.29. The molecular weight excluding hydrogens is 348 g/mol. The number of nitrogens with zero attached hydrogens (tertiary/aromatic N) is 3. The van der Waals surface area contributed by atoms with Crippen molar-refractivity contribution in [2.75, 3.05) is 10.2 Å². The average molecular weight is 362 g/mol. The number of nitrogens with one attached hydrogen (secondary N) is 1. The number of carbonyl (C=O) groups is 3. The smallest absolute Gasteiger partial charge is 0.322 e. The van der Waals surface area contributed by atoms with Gasteiger partial charge in [-0.2, -0.15) is 0 Å². The van der Waals surface area contributed by atoms with Crippen LogP contribution in [0.3, 0.4) is 0 Å². The fourth-order valence-electron chi connectivity index (χ4n) is 2.77. The summed E-state index contributed by atoms with van der Waals surface area (Å²) in [5.41, 5.74) is 1.52. The topological polar surface area (TPSA) is 105 Å². The van der Waals surface area contributed by atoms with E-state index in [0.717, 1.165) is 10.5 Å². The number of hydrogen-bond acceptors (Lipinski definition) is 6. The molecule has 0 spiro atoms. The van der Waals surface area contributed by atoms with Gasteiger partial charge in [-0.3, -0.25) is 24.6 Å². The molecule has 0 radical (unpaired) electrons. The van der Waals surface area contributed by atoms with Crippen LogP contribution in [0.15, 0.2) is 59.0 Å². The first-order valence-corrected chi connectivity index (χ1v) is 8.28. The van der Waals surface area contributed by atoms with Crippen molar-refractivity contribution in [1.29, 1.82) is 0 Å². The zero-order valence-corrected chi connectivity index (χ0v) is 14.1. The molecule has 134 valence electrons. The fourth-order valence-corrected chi connectivity index (χ4v) is 2.77. The predicted molar refractivity (Wildman–Crippen MR) is 95.9 cm³/mol. The second-order valence-corrected chi connectivity index (χ2v) is 5.90. The Labute approximate surface area is 153 Å². The molecule has 0 unspecified atom stereocenters. The van der Waals surface area contributed by atoms with E-state index < -0.39 is 5.91 Å². The van der Waals surface area contributed by atoms with E-state index in [9.17, 15) is 14.4 Å². The minimum Gasteiger partial charge on any atom is -0.403 e. The summed E-state index contributed by atoms with van der Waals surface area (Å²) in [6.45, 7) is 0. The van der Waals surface area contributed by atoms with Crippen LogP contribution >= 0.6 is 0 Å². The van der Waals surface area contributed by atoms with Crippen LogP contribution in [0, 0.1) is 0 Å². The standard InChI is InChI=1S/C19H14N4O4/c24-15-10-11-16(25)23(15)14-8-6-12(7-9-14)17(26)20-19-22-21-18(27-19)13-4-2-1-3-5-13/h1-9H,10-11H2,(H,20,22,26). The van der Waals surface area contributed by atoms with Gasteiger partial charge in [0.25, 0.3) is 5.91 Å². The molecule has 1 fully saturated rings. The molecule has 8 heteroatoms. The van der Waals surface area contributed by atoms with E-state index >= 15 is 0 Å². The Morgan fingerprint density at radius 3 is 2.26 bits per heavy atom. The highest BCUT2D eigenvalue weighted by Gasteiger charge is 2.30. The first kappa shape index (κ1) is 16.6. The minimum absolute atomic E-state index is 0.0205. The SMILES string of the molecule is O=C(Nc1nnc(-c2ccccc2)o1)c1ccc(N2C(=O)CCC2=O)cc1. The molecule has 1 N–H and O–H groups in total. The molecule has 1 saturated heterocycles. The fraction of sp³-hybridized carbons (Fsp3) is 0.105. The third-order valence-electron chi connectivity index (χ3n) is 4.11. The van der Waals surface area contributed by atoms with Crippen molar-refractivity contribution >= 4 is 29.4 Å². The molecule has 0 aliphatic carbocycles. The molecule has 2 heterocycles. The number of benzene rings is 2. The maximum absolute atomic E-state index is 12.3. The van der Waals surface area contributed by atoms with E-state index in [0.29, 0.717) is 17.1 Å². The lowest BCUT2D eigenvalue weighted by Gasteiger charge is -2.13. The molecule has 0 bridgehead atoms. The highest BCUT2D eigenvalue weighted by molar-refractivity contribution is 6.20. The normalized spacial score (nSPS) is 13.9. The van der Waals surface area contributed by atoms with Crippen LogP contribution < -0.4 is 10.2 Å². The van der Waals surface area contributed by atoms with Crippen LogP contribution in [-0.2, 0) is 9.59 Å². The van der Waals surface area contributed by atoms with E-state index in [2.05, 4.69) is 15.5 Å². The third-order valence-corrected chi connectivity index (χ3v) is 4.11. The summed E-state index contributed by atoms with van der Waals surface area (Å²) in [5, 5.41) is 10.2. The number of hydrogen-bond donors (Lipinski definition) is 1. The van der Waals surface area contributed by atoms with Gasteiger partial charge in [-0.15, -0.1) is 5.10 Å². The van der Waals surface area contributed by atoms with Crippen LogP contribution in [0.2, 0.25) is 0 Å². The molecule has 27 heavy (non-hydrogen) atoms. The quantitative estimate of drug-likeness (QED) is 0.715. The summed E-state index contributed by atoms with van der Waals surface area (Å²) < 4.78 is 5.44. The molecule has 1 aromatic heterocycles. The van der Waals surface area contributed by atoms with E-state index in [-0.39, 0.29) is 30.7 Å². The Morgan fingerprint density at radius 1 is 0.926 bits per heavy atom. The number of imide groups is 1. The van der Waals surface area contributed by atoms with Crippen molar-refractivity contribution < 1.29 is 18.8 Å². The van der Waals surface area contributed by atoms with Crippen molar-refractivity contribution in [1.82, 2.24) is 10.2 Å². The Morgan fingerprint density at radius 2 is 1.59 bits per heavy atom. The van der Waals surface area contributed by atoms with Crippen LogP contribution in [0.4, 0.5) is 11.7 Å². The van der Waals surface area contributed by atoms with Gasteiger partial charge < -0.3 is 4.42 Å². The van der Waals surface area contributed by atoms with Gasteiger partial charge in [-0.1, -0.05) is 23.3 Å². The Bertz CT molecular complexity index is 996. The third kappa shape index (κ3) is 3.32. The van der Waals surface area contributed by atoms with Gasteiger partial charge in [-0.05, 0) is 36.4 Å². The van der Waals surface area contributed by atoms with Crippen molar-refractivity contribution in [3.05, 3.63) is 60.2 Å². The Balaban J connectivity index is 1.47. The van der Waals surface area contributed by atoms with E-state index in [1.165, 1.54) is 12.1 Å². The molecule has 1 aliphatic rings. The zero-order valence-electron chi connectivity index (χ0n) is 14.1. The second-order valence-electron chi connectivity index (χ2n) is 5.90. The highest BCUT2D eigenvalue weighted by atomic mass is 16.4. The van der Waals surface area contributed by atoms with E-state index in [1.807, 2.05) is 30.3 Å². The van der Waals surface area contributed by atoms with Gasteiger partial charge in [0.15, 0.2) is 0 Å². The zero-order chi connectivity index (χ0) is 18.8. The molecule has 0 atom stereocenters. The lowest BCUT2D eigenvalue weighted by molar-refractivity contribution is -0.121. The monoisotopic (exact) mass is 362 g/mol. The molecule has 2 aromatic carbocycles. The van der Waals surface area contributed by atoms with Gasteiger partial charge in [0.05, 0.1) is 5.69 Å². The summed E-state index contributed by atoms with van der Waals surface area (Å²) in [6.07, 6.45) is 0.421. The maximum Gasteiger partial charge on any atom is 0.322 e. The molecule has 1 aliphatic heterocycles. The second kappa shape index (κ2) is 6.83. The van der Waals surface area contributed by atoms with E-state index in [1.54, 1.807) is 12.1 Å². The van der Waals surface area contributed by atoms with Crippen LogP contribution in [0.25, 0.3) is 11.5 Å². The van der Waals surface area contributed by atoms with Gasteiger partial charge in [-0.25, -0.2) is 0 Å².